The first kappa shape index (κ1) is 18.8. The molecule has 3 amide bonds. The fraction of sp³-hybridized carbons (Fsp3) is 0.200. The van der Waals surface area contributed by atoms with E-state index >= 15 is 0 Å². The zero-order valence-corrected chi connectivity index (χ0v) is 14.6. The van der Waals surface area contributed by atoms with E-state index in [-0.39, 0.29) is 17.3 Å². The first-order valence-electron chi connectivity index (χ1n) is 7.02. The van der Waals surface area contributed by atoms with Gasteiger partial charge < -0.3 is 10.5 Å². The number of rotatable bonds is 5. The van der Waals surface area contributed by atoms with E-state index in [1.807, 2.05) is 12.1 Å². The zero-order chi connectivity index (χ0) is 18.6. The SMILES string of the molecule is Cc1nn(Cc2ccccc2Cl)c(Cl)c1C(=O)OCC(=O)NC(N)=O. The second-order valence-electron chi connectivity index (χ2n) is 4.99. The monoisotopic (exact) mass is 384 g/mol. The molecule has 8 nitrogen and oxygen atoms in total. The molecule has 0 bridgehead atoms. The normalized spacial score (nSPS) is 10.4. The third-order valence-corrected chi connectivity index (χ3v) is 3.90. The minimum absolute atomic E-state index is 0.0283. The van der Waals surface area contributed by atoms with E-state index < -0.39 is 24.5 Å². The predicted octanol–water partition coefficient (Wildman–Crippen LogP) is 1.90. The fourth-order valence-corrected chi connectivity index (χ4v) is 2.56. The Hall–Kier alpha value is -2.58. The third kappa shape index (κ3) is 4.71. The van der Waals surface area contributed by atoms with Crippen molar-refractivity contribution in [3.05, 3.63) is 51.3 Å². The minimum Gasteiger partial charge on any atom is -0.452 e. The smallest absolute Gasteiger partial charge is 0.343 e. The summed E-state index contributed by atoms with van der Waals surface area (Å²) >= 11 is 12.3. The van der Waals surface area contributed by atoms with E-state index in [1.54, 1.807) is 24.4 Å². The molecular weight excluding hydrogens is 371 g/mol. The summed E-state index contributed by atoms with van der Waals surface area (Å²) in [6.07, 6.45) is 0. The van der Waals surface area contributed by atoms with Crippen LogP contribution in [0.2, 0.25) is 10.2 Å². The number of ether oxygens (including phenoxy) is 1. The maximum atomic E-state index is 12.1. The molecule has 1 aromatic carbocycles. The number of esters is 1. The lowest BCUT2D eigenvalue weighted by molar-refractivity contribution is -0.123. The zero-order valence-electron chi connectivity index (χ0n) is 13.1. The van der Waals surface area contributed by atoms with Gasteiger partial charge in [0.25, 0.3) is 5.91 Å². The Morgan fingerprint density at radius 3 is 2.60 bits per heavy atom. The quantitative estimate of drug-likeness (QED) is 0.763. The van der Waals surface area contributed by atoms with Crippen molar-refractivity contribution < 1.29 is 19.1 Å². The molecule has 0 aliphatic rings. The van der Waals surface area contributed by atoms with E-state index in [9.17, 15) is 14.4 Å². The number of aryl methyl sites for hydroxylation is 1. The number of nitrogens with zero attached hydrogens (tertiary/aromatic N) is 2. The molecule has 2 rings (SSSR count). The van der Waals surface area contributed by atoms with Gasteiger partial charge in [-0.1, -0.05) is 41.4 Å². The number of nitrogens with one attached hydrogen (secondary N) is 1. The van der Waals surface area contributed by atoms with Crippen molar-refractivity contribution >= 4 is 41.1 Å². The third-order valence-electron chi connectivity index (χ3n) is 3.14. The number of aromatic nitrogens is 2. The first-order chi connectivity index (χ1) is 11.8. The number of amides is 3. The van der Waals surface area contributed by atoms with Crippen LogP contribution >= 0.6 is 23.2 Å². The molecule has 10 heteroatoms. The van der Waals surface area contributed by atoms with Crippen LogP contribution in [0, 0.1) is 6.92 Å². The van der Waals surface area contributed by atoms with Crippen molar-refractivity contribution in [2.75, 3.05) is 6.61 Å². The van der Waals surface area contributed by atoms with Crippen LogP contribution in [0.4, 0.5) is 4.79 Å². The molecule has 1 heterocycles. The van der Waals surface area contributed by atoms with Crippen molar-refractivity contribution in [1.82, 2.24) is 15.1 Å². The van der Waals surface area contributed by atoms with Gasteiger partial charge in [0.1, 0.15) is 10.7 Å². The lowest BCUT2D eigenvalue weighted by Crippen LogP contribution is -2.37. The Morgan fingerprint density at radius 2 is 1.96 bits per heavy atom. The summed E-state index contributed by atoms with van der Waals surface area (Å²) in [5.41, 5.74) is 5.92. The number of benzene rings is 1. The van der Waals surface area contributed by atoms with Crippen LogP contribution < -0.4 is 11.1 Å². The number of carbonyl (C=O) groups is 3. The predicted molar refractivity (Wildman–Crippen MR) is 90.5 cm³/mol. The lowest BCUT2D eigenvalue weighted by Gasteiger charge is -2.06. The van der Waals surface area contributed by atoms with Crippen molar-refractivity contribution in [1.29, 1.82) is 0 Å². The summed E-state index contributed by atoms with van der Waals surface area (Å²) in [7, 11) is 0. The topological polar surface area (TPSA) is 116 Å². The van der Waals surface area contributed by atoms with Crippen molar-refractivity contribution in [2.45, 2.75) is 13.5 Å². The molecule has 25 heavy (non-hydrogen) atoms. The van der Waals surface area contributed by atoms with Gasteiger partial charge in [0.05, 0.1) is 12.2 Å². The van der Waals surface area contributed by atoms with Crippen LogP contribution in [0.3, 0.4) is 0 Å². The second kappa shape index (κ2) is 8.00. The van der Waals surface area contributed by atoms with Gasteiger partial charge in [-0.3, -0.25) is 10.1 Å². The van der Waals surface area contributed by atoms with Crippen molar-refractivity contribution in [3.8, 4) is 0 Å². The van der Waals surface area contributed by atoms with Gasteiger partial charge in [0.2, 0.25) is 0 Å². The molecule has 2 aromatic rings. The Labute approximate surface area is 152 Å². The minimum atomic E-state index is -1.04. The van der Waals surface area contributed by atoms with E-state index in [4.69, 9.17) is 33.7 Å². The molecule has 0 spiro atoms. The van der Waals surface area contributed by atoms with Crippen LogP contribution in [0.1, 0.15) is 21.6 Å². The van der Waals surface area contributed by atoms with E-state index in [2.05, 4.69) is 5.10 Å². The molecule has 0 unspecified atom stereocenters. The van der Waals surface area contributed by atoms with Crippen LogP contribution in [-0.2, 0) is 16.1 Å². The number of hydrogen-bond donors (Lipinski definition) is 2. The molecule has 0 aliphatic carbocycles. The number of carbonyl (C=O) groups excluding carboxylic acids is 3. The van der Waals surface area contributed by atoms with E-state index in [0.29, 0.717) is 10.7 Å². The molecule has 3 N–H and O–H groups in total. The second-order valence-corrected chi connectivity index (χ2v) is 5.75. The molecule has 1 aromatic heterocycles. The van der Waals surface area contributed by atoms with Crippen LogP contribution in [0.15, 0.2) is 24.3 Å². The fourth-order valence-electron chi connectivity index (χ4n) is 2.05. The number of urea groups is 1. The Balaban J connectivity index is 2.13. The summed E-state index contributed by atoms with van der Waals surface area (Å²) in [5.74, 6) is -1.69. The van der Waals surface area contributed by atoms with Gasteiger partial charge in [0, 0.05) is 5.02 Å². The summed E-state index contributed by atoms with van der Waals surface area (Å²) in [4.78, 5) is 34.0. The molecular formula is C15H14Cl2N4O4. The average molecular weight is 385 g/mol. The van der Waals surface area contributed by atoms with Crippen molar-refractivity contribution in [3.63, 3.8) is 0 Å². The van der Waals surface area contributed by atoms with Gasteiger partial charge in [0.15, 0.2) is 6.61 Å². The highest BCUT2D eigenvalue weighted by Crippen LogP contribution is 2.23. The number of halogens is 2. The number of hydrogen-bond acceptors (Lipinski definition) is 5. The molecule has 0 fully saturated rings. The Bertz CT molecular complexity index is 835. The average Bonchev–Trinajstić information content (AvgIpc) is 2.81. The molecule has 132 valence electrons. The van der Waals surface area contributed by atoms with Crippen molar-refractivity contribution in [2.24, 2.45) is 5.73 Å². The highest BCUT2D eigenvalue weighted by Gasteiger charge is 2.23. The summed E-state index contributed by atoms with van der Waals surface area (Å²) < 4.78 is 6.22. The molecule has 0 saturated carbocycles. The summed E-state index contributed by atoms with van der Waals surface area (Å²) in [6, 6.07) is 6.11. The largest absolute Gasteiger partial charge is 0.452 e. The van der Waals surface area contributed by atoms with E-state index in [1.165, 1.54) is 4.68 Å². The van der Waals surface area contributed by atoms with Gasteiger partial charge in [-0.25, -0.2) is 14.3 Å². The number of primary amides is 1. The first-order valence-corrected chi connectivity index (χ1v) is 7.78. The summed E-state index contributed by atoms with van der Waals surface area (Å²) in [5, 5.41) is 6.57. The Kier molecular flexibility index (Phi) is 6.00. The Morgan fingerprint density at radius 1 is 1.28 bits per heavy atom. The van der Waals surface area contributed by atoms with Crippen LogP contribution in [-0.4, -0.2) is 34.3 Å². The number of nitrogens with two attached hydrogens (primary N) is 1. The molecule has 0 saturated heterocycles. The van der Waals surface area contributed by atoms with Gasteiger partial charge in [-0.15, -0.1) is 0 Å². The highest BCUT2D eigenvalue weighted by atomic mass is 35.5. The number of imide groups is 1. The molecule has 0 aliphatic heterocycles. The summed E-state index contributed by atoms with van der Waals surface area (Å²) in [6.45, 7) is 1.16. The molecule has 0 atom stereocenters. The van der Waals surface area contributed by atoms with Crippen LogP contribution in [0.5, 0.6) is 0 Å². The van der Waals surface area contributed by atoms with Crippen LogP contribution in [0.25, 0.3) is 0 Å². The lowest BCUT2D eigenvalue weighted by atomic mass is 10.2. The van der Waals surface area contributed by atoms with Gasteiger partial charge >= 0.3 is 12.0 Å². The highest BCUT2D eigenvalue weighted by molar-refractivity contribution is 6.33. The molecule has 0 radical (unpaired) electrons. The maximum Gasteiger partial charge on any atom is 0.343 e. The maximum absolute atomic E-state index is 12.1. The van der Waals surface area contributed by atoms with Gasteiger partial charge in [-0.2, -0.15) is 5.10 Å². The van der Waals surface area contributed by atoms with Gasteiger partial charge in [-0.05, 0) is 18.6 Å². The standard InChI is InChI=1S/C15H14Cl2N4O4/c1-8-12(14(23)25-7-11(22)19-15(18)24)13(17)21(20-8)6-9-4-2-3-5-10(9)16/h2-5H,6-7H2,1H3,(H3,18,19,22,24). The van der Waals surface area contributed by atoms with E-state index in [0.717, 1.165) is 5.56 Å².